The number of hydrogen-bond acceptors (Lipinski definition) is 7. The Labute approximate surface area is 146 Å². The Balaban J connectivity index is 2.14. The molecule has 0 bridgehead atoms. The van der Waals surface area contributed by atoms with Gasteiger partial charge < -0.3 is 0 Å². The predicted molar refractivity (Wildman–Crippen MR) is 106 cm³/mol. The maximum atomic E-state index is 2.45. The SMILES string of the molecule is CSC1=C(I)SC(=C2SC(SC)=C(SC)S2)S1. The van der Waals surface area contributed by atoms with Gasteiger partial charge in [-0.25, -0.2) is 0 Å². The molecule has 0 aromatic carbocycles. The van der Waals surface area contributed by atoms with Gasteiger partial charge in [-0.2, -0.15) is 0 Å². The summed E-state index contributed by atoms with van der Waals surface area (Å²) in [4.78, 5) is 0. The summed E-state index contributed by atoms with van der Waals surface area (Å²) < 4.78 is 8.71. The van der Waals surface area contributed by atoms with Crippen molar-refractivity contribution in [1.82, 2.24) is 0 Å². The third-order valence-electron chi connectivity index (χ3n) is 1.79. The monoisotopic (exact) mass is 468 g/mol. The van der Waals surface area contributed by atoms with Crippen LogP contribution in [-0.4, -0.2) is 18.8 Å². The molecule has 8 heteroatoms. The first-order valence-electron chi connectivity index (χ1n) is 4.41. The van der Waals surface area contributed by atoms with E-state index in [0.717, 1.165) is 0 Å². The molecule has 0 spiro atoms. The average Bonchev–Trinajstić information content (AvgIpc) is 2.91. The van der Waals surface area contributed by atoms with Crippen molar-refractivity contribution in [2.75, 3.05) is 18.8 Å². The minimum absolute atomic E-state index is 1.42. The van der Waals surface area contributed by atoms with Crippen LogP contribution in [0.25, 0.3) is 0 Å². The highest BCUT2D eigenvalue weighted by atomic mass is 127. The fourth-order valence-corrected chi connectivity index (χ4v) is 11.7. The molecule has 0 fully saturated rings. The first kappa shape index (κ1) is 15.8. The molecule has 0 amide bonds. The van der Waals surface area contributed by atoms with Crippen molar-refractivity contribution in [1.29, 1.82) is 0 Å². The van der Waals surface area contributed by atoms with E-state index in [0.29, 0.717) is 0 Å². The molecule has 2 aliphatic heterocycles. The molecule has 0 saturated heterocycles. The lowest BCUT2D eigenvalue weighted by molar-refractivity contribution is 2.30. The Morgan fingerprint density at radius 2 is 1.12 bits per heavy atom. The van der Waals surface area contributed by atoms with Crippen molar-refractivity contribution >= 4 is 105 Å². The van der Waals surface area contributed by atoms with Crippen LogP contribution < -0.4 is 0 Å². The van der Waals surface area contributed by atoms with Gasteiger partial charge in [0.25, 0.3) is 0 Å². The summed E-state index contributed by atoms with van der Waals surface area (Å²) in [7, 11) is 0. The molecule has 0 aliphatic carbocycles. The molecule has 0 saturated carbocycles. The van der Waals surface area contributed by atoms with Crippen LogP contribution in [0.1, 0.15) is 0 Å². The lowest BCUT2D eigenvalue weighted by atomic mass is 11.2. The lowest BCUT2D eigenvalue weighted by Gasteiger charge is -2.01. The molecule has 0 nitrogen and oxygen atoms in total. The van der Waals surface area contributed by atoms with Crippen LogP contribution in [0.4, 0.5) is 0 Å². The normalized spacial score (nSPS) is 21.2. The molecule has 0 atom stereocenters. The summed E-state index contributed by atoms with van der Waals surface area (Å²) in [6.07, 6.45) is 6.48. The topological polar surface area (TPSA) is 0 Å². The van der Waals surface area contributed by atoms with E-state index >= 15 is 0 Å². The summed E-state index contributed by atoms with van der Waals surface area (Å²) in [5, 5.41) is 0. The molecule has 2 aliphatic rings. The Hall–Kier alpha value is 2.40. The van der Waals surface area contributed by atoms with E-state index in [-0.39, 0.29) is 0 Å². The van der Waals surface area contributed by atoms with Gasteiger partial charge in [0.2, 0.25) is 0 Å². The van der Waals surface area contributed by atoms with Gasteiger partial charge >= 0.3 is 0 Å². The molecule has 0 N–H and O–H groups in total. The molecular formula is C9H9IS7. The van der Waals surface area contributed by atoms with Gasteiger partial charge in [0.15, 0.2) is 0 Å². The van der Waals surface area contributed by atoms with E-state index in [9.17, 15) is 0 Å². The largest absolute Gasteiger partial charge is 0.121 e. The van der Waals surface area contributed by atoms with E-state index < -0.39 is 0 Å². The van der Waals surface area contributed by atoms with Gasteiger partial charge in [-0.05, 0) is 41.4 Å². The Kier molecular flexibility index (Phi) is 6.89. The maximum Gasteiger partial charge on any atom is 0.0717 e. The highest BCUT2D eigenvalue weighted by Crippen LogP contribution is 2.64. The highest BCUT2D eigenvalue weighted by molar-refractivity contribution is 14.1. The molecule has 17 heavy (non-hydrogen) atoms. The lowest BCUT2D eigenvalue weighted by Crippen LogP contribution is -1.66. The summed E-state index contributed by atoms with van der Waals surface area (Å²) in [6.45, 7) is 0. The Bertz CT molecular complexity index is 405. The summed E-state index contributed by atoms with van der Waals surface area (Å²) >= 11 is 15.8. The maximum absolute atomic E-state index is 2.45. The molecule has 0 aromatic heterocycles. The fourth-order valence-electron chi connectivity index (χ4n) is 1.08. The van der Waals surface area contributed by atoms with E-state index in [2.05, 4.69) is 41.4 Å². The second-order valence-electron chi connectivity index (χ2n) is 2.73. The zero-order chi connectivity index (χ0) is 12.4. The molecular weight excluding hydrogens is 459 g/mol. The summed E-state index contributed by atoms with van der Waals surface area (Å²) in [6, 6.07) is 0. The van der Waals surface area contributed by atoms with E-state index in [1.54, 1.807) is 0 Å². The zero-order valence-corrected chi connectivity index (χ0v) is 17.1. The summed E-state index contributed by atoms with van der Waals surface area (Å²) in [5.74, 6) is 0. The van der Waals surface area contributed by atoms with Crippen molar-refractivity contribution in [2.45, 2.75) is 0 Å². The van der Waals surface area contributed by atoms with Crippen LogP contribution >= 0.6 is 105 Å². The molecule has 0 unspecified atom stereocenters. The number of thioether (sulfide) groups is 7. The smallest absolute Gasteiger partial charge is 0.0717 e. The quantitative estimate of drug-likeness (QED) is 0.410. The first-order chi connectivity index (χ1) is 8.19. The number of hydrogen-bond donors (Lipinski definition) is 0. The van der Waals surface area contributed by atoms with Crippen LogP contribution in [0.2, 0.25) is 0 Å². The Morgan fingerprint density at radius 3 is 1.53 bits per heavy atom. The van der Waals surface area contributed by atoms with Gasteiger partial charge in [0.1, 0.15) is 0 Å². The van der Waals surface area contributed by atoms with Crippen LogP contribution in [0.15, 0.2) is 24.1 Å². The molecule has 2 heterocycles. The van der Waals surface area contributed by atoms with Crippen molar-refractivity contribution < 1.29 is 0 Å². The van der Waals surface area contributed by atoms with Crippen LogP contribution in [0.5, 0.6) is 0 Å². The van der Waals surface area contributed by atoms with Crippen molar-refractivity contribution in [2.24, 2.45) is 0 Å². The fraction of sp³-hybridized carbons (Fsp3) is 0.333. The van der Waals surface area contributed by atoms with E-state index in [4.69, 9.17) is 0 Å². The minimum Gasteiger partial charge on any atom is -0.121 e. The van der Waals surface area contributed by atoms with Crippen LogP contribution in [0, 0.1) is 0 Å². The standard InChI is InChI=1S/C9H9IS7/c1-11-5-4(10)14-8(15-5)9-16-6(12-2)7(13-3)17-9/h1-3H3. The van der Waals surface area contributed by atoms with Crippen molar-refractivity contribution in [3.63, 3.8) is 0 Å². The van der Waals surface area contributed by atoms with Gasteiger partial charge in [0.05, 0.1) is 24.1 Å². The minimum atomic E-state index is 1.42. The van der Waals surface area contributed by atoms with Crippen LogP contribution in [-0.2, 0) is 0 Å². The van der Waals surface area contributed by atoms with Gasteiger partial charge in [-0.1, -0.05) is 47.0 Å². The highest BCUT2D eigenvalue weighted by Gasteiger charge is 2.28. The first-order valence-corrected chi connectivity index (χ1v) is 12.4. The Morgan fingerprint density at radius 1 is 0.706 bits per heavy atom. The van der Waals surface area contributed by atoms with Crippen molar-refractivity contribution in [3.05, 3.63) is 24.1 Å². The van der Waals surface area contributed by atoms with Gasteiger partial charge in [0, 0.05) is 0 Å². The van der Waals surface area contributed by atoms with Crippen molar-refractivity contribution in [3.8, 4) is 0 Å². The molecule has 0 aromatic rings. The van der Waals surface area contributed by atoms with E-state index in [1.807, 2.05) is 82.3 Å². The second-order valence-corrected chi connectivity index (χ2v) is 12.4. The predicted octanol–water partition coefficient (Wildman–Crippen LogP) is 6.85. The summed E-state index contributed by atoms with van der Waals surface area (Å²) in [5.41, 5.74) is 0. The molecule has 0 radical (unpaired) electrons. The van der Waals surface area contributed by atoms with Gasteiger partial charge in [-0.3, -0.25) is 0 Å². The third-order valence-corrected chi connectivity index (χ3v) is 13.1. The number of rotatable bonds is 3. The second kappa shape index (κ2) is 7.42. The van der Waals surface area contributed by atoms with Gasteiger partial charge in [-0.15, -0.1) is 35.3 Å². The number of halogens is 1. The van der Waals surface area contributed by atoms with Crippen LogP contribution in [0.3, 0.4) is 0 Å². The molecule has 94 valence electrons. The molecule has 2 rings (SSSR count). The van der Waals surface area contributed by atoms with E-state index in [1.165, 1.54) is 24.1 Å². The third kappa shape index (κ3) is 3.74. The average molecular weight is 469 g/mol. The zero-order valence-electron chi connectivity index (χ0n) is 9.24.